The van der Waals surface area contributed by atoms with Crippen molar-refractivity contribution >= 4 is 33.3 Å². The summed E-state index contributed by atoms with van der Waals surface area (Å²) in [6, 6.07) is 7.30. The molecule has 0 spiro atoms. The van der Waals surface area contributed by atoms with Gasteiger partial charge in [-0.15, -0.1) is 11.3 Å². The molecular formula is C18H17N3O3S. The standard InChI is InChI=1S/C18H17N3O3S/c1-24-12-6-4-11(5-7-12)13-9-25-17-15(13)16(19-10-20-17)21-8-2-3-14(21)18(22)23/h4-7,9-10,14H,2-3,8H2,1H3,(H,22,23)/t14-/m1/s1. The summed E-state index contributed by atoms with van der Waals surface area (Å²) in [4.78, 5) is 23.2. The quantitative estimate of drug-likeness (QED) is 0.773. The van der Waals surface area contributed by atoms with Gasteiger partial charge in [0, 0.05) is 17.5 Å². The van der Waals surface area contributed by atoms with E-state index in [-0.39, 0.29) is 0 Å². The van der Waals surface area contributed by atoms with E-state index in [1.165, 1.54) is 6.33 Å². The molecule has 0 bridgehead atoms. The second-order valence-electron chi connectivity index (χ2n) is 5.94. The minimum absolute atomic E-state index is 0.526. The predicted molar refractivity (Wildman–Crippen MR) is 97.4 cm³/mol. The topological polar surface area (TPSA) is 75.6 Å². The van der Waals surface area contributed by atoms with Crippen molar-refractivity contribution in [2.24, 2.45) is 0 Å². The Hall–Kier alpha value is -2.67. The van der Waals surface area contributed by atoms with E-state index in [9.17, 15) is 9.90 Å². The van der Waals surface area contributed by atoms with Gasteiger partial charge in [0.25, 0.3) is 0 Å². The Bertz CT molecular complexity index is 923. The molecule has 1 aliphatic rings. The van der Waals surface area contributed by atoms with E-state index in [0.29, 0.717) is 18.8 Å². The summed E-state index contributed by atoms with van der Waals surface area (Å²) in [6.45, 7) is 0.695. The Morgan fingerprint density at radius 3 is 2.84 bits per heavy atom. The van der Waals surface area contributed by atoms with Crippen LogP contribution >= 0.6 is 11.3 Å². The first-order valence-electron chi connectivity index (χ1n) is 8.05. The van der Waals surface area contributed by atoms with Gasteiger partial charge in [-0.1, -0.05) is 12.1 Å². The van der Waals surface area contributed by atoms with Gasteiger partial charge in [-0.2, -0.15) is 0 Å². The highest BCUT2D eigenvalue weighted by Gasteiger charge is 2.33. The Morgan fingerprint density at radius 1 is 1.32 bits per heavy atom. The lowest BCUT2D eigenvalue weighted by molar-refractivity contribution is -0.138. The smallest absolute Gasteiger partial charge is 0.326 e. The SMILES string of the molecule is COc1ccc(-c2csc3ncnc(N4CCC[C@@H]4C(=O)O)c23)cc1. The Morgan fingerprint density at radius 2 is 2.12 bits per heavy atom. The number of benzene rings is 1. The van der Waals surface area contributed by atoms with E-state index in [1.54, 1.807) is 18.4 Å². The van der Waals surface area contributed by atoms with Gasteiger partial charge < -0.3 is 14.7 Å². The molecule has 1 saturated heterocycles. The molecule has 0 saturated carbocycles. The number of ether oxygens (including phenoxy) is 1. The van der Waals surface area contributed by atoms with Crippen LogP contribution in [0.5, 0.6) is 5.75 Å². The fourth-order valence-electron chi connectivity index (χ4n) is 3.34. The van der Waals surface area contributed by atoms with Crippen LogP contribution in [0.25, 0.3) is 21.3 Å². The maximum Gasteiger partial charge on any atom is 0.326 e. The number of carboxylic acid groups (broad SMARTS) is 1. The van der Waals surface area contributed by atoms with Crippen LogP contribution in [0.1, 0.15) is 12.8 Å². The molecule has 1 aromatic carbocycles. The predicted octanol–water partition coefficient (Wildman–Crippen LogP) is 3.42. The molecule has 6 nitrogen and oxygen atoms in total. The summed E-state index contributed by atoms with van der Waals surface area (Å²) in [5.74, 6) is 0.706. The van der Waals surface area contributed by atoms with Gasteiger partial charge in [-0.3, -0.25) is 0 Å². The number of anilines is 1. The summed E-state index contributed by atoms with van der Waals surface area (Å²) in [5.41, 5.74) is 2.06. The summed E-state index contributed by atoms with van der Waals surface area (Å²) >= 11 is 1.54. The van der Waals surface area contributed by atoms with Gasteiger partial charge in [0.15, 0.2) is 0 Å². The average Bonchev–Trinajstić information content (AvgIpc) is 3.28. The molecule has 1 N–H and O–H groups in total. The monoisotopic (exact) mass is 355 g/mol. The van der Waals surface area contributed by atoms with Crippen LogP contribution in [0.3, 0.4) is 0 Å². The summed E-state index contributed by atoms with van der Waals surface area (Å²) in [6.07, 6.45) is 3.01. The first kappa shape index (κ1) is 15.8. The lowest BCUT2D eigenvalue weighted by atomic mass is 10.1. The number of thiophene rings is 1. The molecule has 1 atom stereocenters. The maximum atomic E-state index is 11.6. The molecule has 4 rings (SSSR count). The fourth-order valence-corrected chi connectivity index (χ4v) is 4.25. The average molecular weight is 355 g/mol. The molecule has 3 heterocycles. The normalized spacial score (nSPS) is 17.2. The van der Waals surface area contributed by atoms with Crippen LogP contribution in [-0.4, -0.2) is 40.7 Å². The largest absolute Gasteiger partial charge is 0.497 e. The van der Waals surface area contributed by atoms with Gasteiger partial charge >= 0.3 is 5.97 Å². The van der Waals surface area contributed by atoms with Crippen LogP contribution in [0.4, 0.5) is 5.82 Å². The Balaban J connectivity index is 1.85. The van der Waals surface area contributed by atoms with Crippen molar-refractivity contribution < 1.29 is 14.6 Å². The van der Waals surface area contributed by atoms with Crippen molar-refractivity contribution in [3.8, 4) is 16.9 Å². The summed E-state index contributed by atoms with van der Waals surface area (Å²) in [7, 11) is 1.64. The lowest BCUT2D eigenvalue weighted by Gasteiger charge is -2.23. The molecule has 25 heavy (non-hydrogen) atoms. The molecule has 7 heteroatoms. The Labute approximate surface area is 148 Å². The van der Waals surface area contributed by atoms with Crippen molar-refractivity contribution in [2.45, 2.75) is 18.9 Å². The van der Waals surface area contributed by atoms with E-state index in [2.05, 4.69) is 15.3 Å². The molecule has 2 aromatic heterocycles. The van der Waals surface area contributed by atoms with Crippen molar-refractivity contribution in [1.29, 1.82) is 0 Å². The molecule has 1 fully saturated rings. The number of hydrogen-bond acceptors (Lipinski definition) is 6. The lowest BCUT2D eigenvalue weighted by Crippen LogP contribution is -2.36. The van der Waals surface area contributed by atoms with E-state index in [0.717, 1.165) is 33.5 Å². The molecule has 0 amide bonds. The number of aromatic nitrogens is 2. The number of carboxylic acids is 1. The zero-order valence-electron chi connectivity index (χ0n) is 13.7. The number of fused-ring (bicyclic) bond motifs is 1. The third-order valence-electron chi connectivity index (χ3n) is 4.56. The molecule has 1 aliphatic heterocycles. The minimum atomic E-state index is -0.800. The van der Waals surface area contributed by atoms with Crippen LogP contribution in [0, 0.1) is 0 Å². The van der Waals surface area contributed by atoms with Crippen LogP contribution in [0.15, 0.2) is 36.0 Å². The molecular weight excluding hydrogens is 338 g/mol. The number of hydrogen-bond donors (Lipinski definition) is 1. The maximum absolute atomic E-state index is 11.6. The number of methoxy groups -OCH3 is 1. The second kappa shape index (κ2) is 6.33. The van der Waals surface area contributed by atoms with Gasteiger partial charge in [-0.25, -0.2) is 14.8 Å². The Kier molecular flexibility index (Phi) is 4.01. The van der Waals surface area contributed by atoms with E-state index in [1.807, 2.05) is 29.2 Å². The zero-order valence-corrected chi connectivity index (χ0v) is 14.5. The van der Waals surface area contributed by atoms with Gasteiger partial charge in [0.2, 0.25) is 0 Å². The first-order chi connectivity index (χ1) is 12.2. The van der Waals surface area contributed by atoms with E-state index in [4.69, 9.17) is 4.74 Å². The zero-order chi connectivity index (χ0) is 17.4. The van der Waals surface area contributed by atoms with Gasteiger partial charge in [-0.05, 0) is 30.5 Å². The van der Waals surface area contributed by atoms with Crippen LogP contribution in [0.2, 0.25) is 0 Å². The number of carbonyl (C=O) groups is 1. The fraction of sp³-hybridized carbons (Fsp3) is 0.278. The van der Waals surface area contributed by atoms with E-state index < -0.39 is 12.0 Å². The highest BCUT2D eigenvalue weighted by molar-refractivity contribution is 7.17. The highest BCUT2D eigenvalue weighted by atomic mass is 32.1. The second-order valence-corrected chi connectivity index (χ2v) is 6.80. The summed E-state index contributed by atoms with van der Waals surface area (Å²) in [5, 5.41) is 12.5. The van der Waals surface area contributed by atoms with Crippen LogP contribution < -0.4 is 9.64 Å². The third kappa shape index (κ3) is 2.70. The molecule has 0 radical (unpaired) electrons. The first-order valence-corrected chi connectivity index (χ1v) is 8.93. The van der Waals surface area contributed by atoms with Gasteiger partial charge in [0.1, 0.15) is 28.8 Å². The minimum Gasteiger partial charge on any atom is -0.497 e. The van der Waals surface area contributed by atoms with Gasteiger partial charge in [0.05, 0.1) is 12.5 Å². The van der Waals surface area contributed by atoms with Crippen LogP contribution in [-0.2, 0) is 4.79 Å². The molecule has 3 aromatic rings. The molecule has 0 aliphatic carbocycles. The van der Waals surface area contributed by atoms with Crippen molar-refractivity contribution in [3.63, 3.8) is 0 Å². The number of aliphatic carboxylic acids is 1. The molecule has 128 valence electrons. The third-order valence-corrected chi connectivity index (χ3v) is 5.45. The van der Waals surface area contributed by atoms with Crippen molar-refractivity contribution in [2.75, 3.05) is 18.6 Å². The number of nitrogens with zero attached hydrogens (tertiary/aromatic N) is 3. The van der Waals surface area contributed by atoms with Crippen molar-refractivity contribution in [3.05, 3.63) is 36.0 Å². The highest BCUT2D eigenvalue weighted by Crippen LogP contribution is 2.40. The van der Waals surface area contributed by atoms with Crippen molar-refractivity contribution in [1.82, 2.24) is 9.97 Å². The number of rotatable bonds is 4. The van der Waals surface area contributed by atoms with E-state index >= 15 is 0 Å². The summed E-state index contributed by atoms with van der Waals surface area (Å²) < 4.78 is 5.22. The molecule has 0 unspecified atom stereocenters.